The lowest BCUT2D eigenvalue weighted by atomic mass is 10.4. The third-order valence-corrected chi connectivity index (χ3v) is 10.7. The Morgan fingerprint density at radius 1 is 0.364 bits per heavy atom. The van der Waals surface area contributed by atoms with Crippen LogP contribution in [0.1, 0.15) is 27.7 Å². The molecule has 0 N–H and O–H groups in total. The molecule has 3 heteroatoms. The maximum Gasteiger partial charge on any atom is -0.0186 e. The van der Waals surface area contributed by atoms with Crippen molar-refractivity contribution in [2.24, 2.45) is 0 Å². The van der Waals surface area contributed by atoms with Crippen LogP contribution in [-0.2, 0) is 0 Å². The van der Waals surface area contributed by atoms with E-state index < -0.39 is 0 Å². The van der Waals surface area contributed by atoms with E-state index in [0.29, 0.717) is 11.3 Å². The van der Waals surface area contributed by atoms with Gasteiger partial charge >= 0.3 is 0 Å². The highest BCUT2D eigenvalue weighted by Crippen LogP contribution is 2.39. The fourth-order valence-corrected chi connectivity index (χ4v) is 8.80. The molecule has 33 heavy (non-hydrogen) atoms. The Morgan fingerprint density at radius 2 is 0.545 bits per heavy atom. The summed E-state index contributed by atoms with van der Waals surface area (Å²) in [5.41, 5.74) is 1.36. The van der Waals surface area contributed by atoms with E-state index in [-0.39, 0.29) is 32.8 Å². The Kier molecular flexibility index (Phi) is 12.0. The standard InChI is InChI=1S/2C15H17P.BrH/c2*1-13(2)16(14-9-5-3-6-10-14)15-11-7-4-8-12-15;/h2*3-13H,1-2H3;1H. The van der Waals surface area contributed by atoms with Crippen LogP contribution in [0.15, 0.2) is 121 Å². The van der Waals surface area contributed by atoms with Crippen LogP contribution in [0.4, 0.5) is 0 Å². The lowest BCUT2D eigenvalue weighted by Gasteiger charge is -2.22. The third kappa shape index (κ3) is 8.19. The predicted octanol–water partition coefficient (Wildman–Crippen LogP) is 7.63. The van der Waals surface area contributed by atoms with Gasteiger partial charge < -0.3 is 0 Å². The molecule has 0 saturated heterocycles. The van der Waals surface area contributed by atoms with Crippen LogP contribution >= 0.6 is 32.8 Å². The summed E-state index contributed by atoms with van der Waals surface area (Å²) < 4.78 is 0. The average Bonchev–Trinajstić information content (AvgIpc) is 2.82. The quantitative estimate of drug-likeness (QED) is 0.222. The molecule has 172 valence electrons. The van der Waals surface area contributed by atoms with E-state index in [1.165, 1.54) is 21.2 Å². The van der Waals surface area contributed by atoms with Crippen LogP contribution in [-0.4, -0.2) is 11.3 Å². The number of hydrogen-bond donors (Lipinski definition) is 0. The molecule has 0 aliphatic carbocycles. The van der Waals surface area contributed by atoms with Crippen LogP contribution < -0.4 is 21.2 Å². The summed E-state index contributed by atoms with van der Waals surface area (Å²) in [4.78, 5) is 0. The summed E-state index contributed by atoms with van der Waals surface area (Å²) in [5, 5.41) is 5.88. The Hall–Kier alpha value is -1.78. The summed E-state index contributed by atoms with van der Waals surface area (Å²) in [5.74, 6) is 0. The second kappa shape index (κ2) is 14.5. The van der Waals surface area contributed by atoms with E-state index in [9.17, 15) is 0 Å². The van der Waals surface area contributed by atoms with E-state index in [4.69, 9.17) is 0 Å². The van der Waals surface area contributed by atoms with Crippen molar-refractivity contribution in [3.8, 4) is 0 Å². The molecule has 4 aromatic carbocycles. The smallest absolute Gasteiger partial charge is 0.0186 e. The molecule has 0 saturated carbocycles. The van der Waals surface area contributed by atoms with Crippen molar-refractivity contribution in [3.63, 3.8) is 0 Å². The van der Waals surface area contributed by atoms with Crippen LogP contribution in [0.25, 0.3) is 0 Å². The Balaban J connectivity index is 0.000000227. The number of hydrogen-bond acceptors (Lipinski definition) is 0. The maximum absolute atomic E-state index is 2.31. The zero-order chi connectivity index (χ0) is 22.8. The molecule has 0 unspecified atom stereocenters. The van der Waals surface area contributed by atoms with Crippen LogP contribution in [0.2, 0.25) is 0 Å². The highest BCUT2D eigenvalue weighted by Gasteiger charge is 2.17. The normalized spacial score (nSPS) is 10.7. The minimum absolute atomic E-state index is 0. The molecular formula is C30H35BrP2. The molecule has 0 heterocycles. The Labute approximate surface area is 213 Å². The van der Waals surface area contributed by atoms with Crippen LogP contribution in [0.3, 0.4) is 0 Å². The second-order valence-corrected chi connectivity index (χ2v) is 13.9. The minimum atomic E-state index is -0.210. The largest absolute Gasteiger partial charge is 0.114 e. The highest BCUT2D eigenvalue weighted by molar-refractivity contribution is 8.93. The van der Waals surface area contributed by atoms with Gasteiger partial charge in [0.15, 0.2) is 0 Å². The Morgan fingerprint density at radius 3 is 0.697 bits per heavy atom. The van der Waals surface area contributed by atoms with E-state index in [2.05, 4.69) is 149 Å². The summed E-state index contributed by atoms with van der Waals surface area (Å²) in [6, 6.07) is 43.4. The van der Waals surface area contributed by atoms with Crippen molar-refractivity contribution in [2.45, 2.75) is 39.0 Å². The van der Waals surface area contributed by atoms with E-state index >= 15 is 0 Å². The molecule has 0 bridgehead atoms. The Bertz CT molecular complexity index is 854. The highest BCUT2D eigenvalue weighted by atomic mass is 79.9. The zero-order valence-corrected chi connectivity index (χ0v) is 23.5. The molecule has 0 aliphatic rings. The fraction of sp³-hybridized carbons (Fsp3) is 0.200. The van der Waals surface area contributed by atoms with E-state index in [1.807, 2.05) is 0 Å². The van der Waals surface area contributed by atoms with Crippen molar-refractivity contribution in [1.29, 1.82) is 0 Å². The zero-order valence-electron chi connectivity index (χ0n) is 20.0. The van der Waals surface area contributed by atoms with Gasteiger partial charge in [0, 0.05) is 0 Å². The van der Waals surface area contributed by atoms with Gasteiger partial charge in [-0.1, -0.05) is 149 Å². The lowest BCUT2D eigenvalue weighted by molar-refractivity contribution is 1.10. The molecule has 0 radical (unpaired) electrons. The summed E-state index contributed by atoms with van der Waals surface area (Å²) in [7, 11) is -0.420. The third-order valence-electron chi connectivity index (χ3n) is 5.17. The molecule has 4 aromatic rings. The maximum atomic E-state index is 2.31. The van der Waals surface area contributed by atoms with Crippen LogP contribution in [0.5, 0.6) is 0 Å². The topological polar surface area (TPSA) is 0 Å². The summed E-state index contributed by atoms with van der Waals surface area (Å²) in [6.45, 7) is 9.24. The van der Waals surface area contributed by atoms with Gasteiger partial charge in [0.05, 0.1) is 0 Å². The molecule has 0 fully saturated rings. The predicted molar refractivity (Wildman–Crippen MR) is 159 cm³/mol. The van der Waals surface area contributed by atoms with Crippen LogP contribution in [0, 0.1) is 0 Å². The summed E-state index contributed by atoms with van der Waals surface area (Å²) >= 11 is 0. The van der Waals surface area contributed by atoms with Crippen molar-refractivity contribution >= 4 is 54.0 Å². The lowest BCUT2D eigenvalue weighted by Crippen LogP contribution is -2.17. The van der Waals surface area contributed by atoms with Gasteiger partial charge in [-0.15, -0.1) is 17.0 Å². The number of benzene rings is 4. The number of rotatable bonds is 6. The minimum Gasteiger partial charge on any atom is -0.114 e. The van der Waals surface area contributed by atoms with Crippen molar-refractivity contribution < 1.29 is 0 Å². The first-order valence-electron chi connectivity index (χ1n) is 11.4. The van der Waals surface area contributed by atoms with Gasteiger partial charge in [-0.25, -0.2) is 0 Å². The molecule has 0 aliphatic heterocycles. The molecule has 0 spiro atoms. The van der Waals surface area contributed by atoms with Gasteiger partial charge in [-0.3, -0.25) is 0 Å². The van der Waals surface area contributed by atoms with Gasteiger partial charge in [0.2, 0.25) is 0 Å². The van der Waals surface area contributed by atoms with E-state index in [0.717, 1.165) is 0 Å². The summed E-state index contributed by atoms with van der Waals surface area (Å²) in [6.07, 6.45) is 0. The van der Waals surface area contributed by atoms with Gasteiger partial charge in [-0.05, 0) is 48.4 Å². The molecular weight excluding hydrogens is 502 g/mol. The molecule has 0 nitrogen and oxygen atoms in total. The first kappa shape index (κ1) is 27.5. The van der Waals surface area contributed by atoms with Crippen molar-refractivity contribution in [2.75, 3.05) is 0 Å². The molecule has 0 aromatic heterocycles. The molecule has 0 atom stereocenters. The fourth-order valence-electron chi connectivity index (χ4n) is 3.85. The number of halogens is 1. The van der Waals surface area contributed by atoms with Gasteiger partial charge in [0.1, 0.15) is 0 Å². The van der Waals surface area contributed by atoms with Crippen molar-refractivity contribution in [1.82, 2.24) is 0 Å². The first-order valence-corrected chi connectivity index (χ1v) is 14.2. The van der Waals surface area contributed by atoms with Gasteiger partial charge in [0.25, 0.3) is 0 Å². The SMILES string of the molecule is Br.CC(C)P(c1ccccc1)c1ccccc1.CC(C)P(c1ccccc1)c1ccccc1. The average molecular weight is 537 g/mol. The molecule has 4 rings (SSSR count). The van der Waals surface area contributed by atoms with Crippen molar-refractivity contribution in [3.05, 3.63) is 121 Å². The monoisotopic (exact) mass is 536 g/mol. The molecule has 0 amide bonds. The van der Waals surface area contributed by atoms with Gasteiger partial charge in [-0.2, -0.15) is 0 Å². The van der Waals surface area contributed by atoms with E-state index in [1.54, 1.807) is 0 Å². The first-order chi connectivity index (χ1) is 15.6. The second-order valence-electron chi connectivity index (χ2n) is 8.27.